The fourth-order valence-corrected chi connectivity index (χ4v) is 2.03. The van der Waals surface area contributed by atoms with Gasteiger partial charge in [-0.3, -0.25) is 4.79 Å². The van der Waals surface area contributed by atoms with Crippen molar-refractivity contribution in [3.8, 4) is 0 Å². The lowest BCUT2D eigenvalue weighted by Crippen LogP contribution is -2.23. The summed E-state index contributed by atoms with van der Waals surface area (Å²) in [7, 11) is -3.11. The summed E-state index contributed by atoms with van der Waals surface area (Å²) in [5.74, 6) is -0.0610. The van der Waals surface area contributed by atoms with Crippen molar-refractivity contribution in [3.63, 3.8) is 0 Å². The van der Waals surface area contributed by atoms with E-state index in [4.69, 9.17) is 0 Å². The standard InChI is InChI=1S/C14H19NO3S/c1-19(17,18)12-6-11-15-14(16)10-5-9-13-7-3-2-4-8-13/h2-4,6-8,12H,5,9-11H2,1H3,(H,15,16). The van der Waals surface area contributed by atoms with Crippen LogP contribution < -0.4 is 5.32 Å². The molecule has 0 unspecified atom stereocenters. The van der Waals surface area contributed by atoms with Crippen LogP contribution in [0, 0.1) is 0 Å². The molecule has 0 heterocycles. The summed E-state index contributed by atoms with van der Waals surface area (Å²) in [5.41, 5.74) is 1.22. The molecule has 0 aliphatic rings. The Labute approximate surface area is 114 Å². The molecule has 1 amide bonds. The largest absolute Gasteiger partial charge is 0.353 e. The summed E-state index contributed by atoms with van der Waals surface area (Å²) < 4.78 is 21.6. The molecule has 5 heteroatoms. The van der Waals surface area contributed by atoms with Crippen LogP contribution in [0.5, 0.6) is 0 Å². The SMILES string of the molecule is CS(=O)(=O)C=CCNC(=O)CCCc1ccccc1. The highest BCUT2D eigenvalue weighted by Crippen LogP contribution is 2.04. The van der Waals surface area contributed by atoms with E-state index in [1.54, 1.807) is 0 Å². The first kappa shape index (κ1) is 15.4. The first-order valence-corrected chi connectivity index (χ1v) is 8.10. The number of sulfone groups is 1. The third-order valence-electron chi connectivity index (χ3n) is 2.47. The van der Waals surface area contributed by atoms with Crippen molar-refractivity contribution in [2.45, 2.75) is 19.3 Å². The van der Waals surface area contributed by atoms with Crippen molar-refractivity contribution in [2.24, 2.45) is 0 Å². The van der Waals surface area contributed by atoms with Crippen LogP contribution in [0.3, 0.4) is 0 Å². The Hall–Kier alpha value is -1.62. The normalized spacial score (nSPS) is 11.6. The van der Waals surface area contributed by atoms with Gasteiger partial charge in [0.15, 0.2) is 9.84 Å². The van der Waals surface area contributed by atoms with E-state index in [2.05, 4.69) is 5.32 Å². The first-order chi connectivity index (χ1) is 8.97. The topological polar surface area (TPSA) is 63.2 Å². The smallest absolute Gasteiger partial charge is 0.220 e. The van der Waals surface area contributed by atoms with Gasteiger partial charge < -0.3 is 5.32 Å². The van der Waals surface area contributed by atoms with Crippen LogP contribution in [0.4, 0.5) is 0 Å². The minimum absolute atomic E-state index is 0.0610. The van der Waals surface area contributed by atoms with E-state index in [-0.39, 0.29) is 12.5 Å². The third-order valence-corrected chi connectivity index (χ3v) is 3.16. The summed E-state index contributed by atoms with van der Waals surface area (Å²) >= 11 is 0. The van der Waals surface area contributed by atoms with Gasteiger partial charge in [0.05, 0.1) is 0 Å². The van der Waals surface area contributed by atoms with E-state index < -0.39 is 9.84 Å². The van der Waals surface area contributed by atoms with Crippen LogP contribution in [0.25, 0.3) is 0 Å². The highest BCUT2D eigenvalue weighted by Gasteiger charge is 2.00. The van der Waals surface area contributed by atoms with Crippen molar-refractivity contribution in [3.05, 3.63) is 47.4 Å². The molecule has 1 rings (SSSR count). The molecule has 0 aromatic heterocycles. The molecule has 1 N–H and O–H groups in total. The minimum atomic E-state index is -3.11. The summed E-state index contributed by atoms with van der Waals surface area (Å²) in [6, 6.07) is 9.99. The molecular formula is C14H19NO3S. The molecule has 0 fully saturated rings. The highest BCUT2D eigenvalue weighted by atomic mass is 32.2. The molecule has 4 nitrogen and oxygen atoms in total. The monoisotopic (exact) mass is 281 g/mol. The summed E-state index contributed by atoms with van der Waals surface area (Å²) in [6.45, 7) is 0.247. The van der Waals surface area contributed by atoms with E-state index in [1.807, 2.05) is 30.3 Å². The molecule has 0 saturated carbocycles. The number of rotatable bonds is 7. The quantitative estimate of drug-likeness (QED) is 0.827. The number of carbonyl (C=O) groups is 1. The van der Waals surface area contributed by atoms with E-state index in [0.717, 1.165) is 24.5 Å². The van der Waals surface area contributed by atoms with E-state index in [9.17, 15) is 13.2 Å². The molecule has 0 saturated heterocycles. The fraction of sp³-hybridized carbons (Fsp3) is 0.357. The van der Waals surface area contributed by atoms with Gasteiger partial charge in [0.25, 0.3) is 0 Å². The predicted molar refractivity (Wildman–Crippen MR) is 76.4 cm³/mol. The molecule has 0 atom stereocenters. The van der Waals surface area contributed by atoms with Crippen LogP contribution in [0.15, 0.2) is 41.8 Å². The number of hydrogen-bond acceptors (Lipinski definition) is 3. The average Bonchev–Trinajstić information content (AvgIpc) is 2.35. The molecule has 0 radical (unpaired) electrons. The second-order valence-electron chi connectivity index (χ2n) is 4.34. The van der Waals surface area contributed by atoms with Crippen molar-refractivity contribution < 1.29 is 13.2 Å². The van der Waals surface area contributed by atoms with Gasteiger partial charge in [-0.25, -0.2) is 8.42 Å². The molecule has 0 bridgehead atoms. The van der Waals surface area contributed by atoms with Gasteiger partial charge in [0.1, 0.15) is 0 Å². The van der Waals surface area contributed by atoms with E-state index in [1.165, 1.54) is 11.6 Å². The molecule has 0 aliphatic heterocycles. The van der Waals surface area contributed by atoms with Crippen LogP contribution in [0.2, 0.25) is 0 Å². The van der Waals surface area contributed by atoms with Crippen LogP contribution in [-0.2, 0) is 21.1 Å². The zero-order valence-electron chi connectivity index (χ0n) is 11.0. The lowest BCUT2D eigenvalue weighted by atomic mass is 10.1. The van der Waals surface area contributed by atoms with Gasteiger partial charge in [0.2, 0.25) is 5.91 Å². The minimum Gasteiger partial charge on any atom is -0.353 e. The van der Waals surface area contributed by atoms with Gasteiger partial charge in [-0.2, -0.15) is 0 Å². The molecule has 19 heavy (non-hydrogen) atoms. The number of benzene rings is 1. The Morgan fingerprint density at radius 2 is 1.95 bits per heavy atom. The number of hydrogen-bond donors (Lipinski definition) is 1. The number of carbonyl (C=O) groups excluding carboxylic acids is 1. The molecule has 0 aliphatic carbocycles. The Morgan fingerprint density at radius 1 is 1.26 bits per heavy atom. The van der Waals surface area contributed by atoms with Crippen LogP contribution in [-0.4, -0.2) is 27.1 Å². The molecule has 1 aromatic carbocycles. The third kappa shape index (κ3) is 8.15. The Bertz CT molecular complexity index is 521. The molecule has 104 valence electrons. The Balaban J connectivity index is 2.17. The fourth-order valence-electron chi connectivity index (χ4n) is 1.58. The zero-order valence-corrected chi connectivity index (χ0v) is 11.8. The van der Waals surface area contributed by atoms with Gasteiger partial charge in [-0.05, 0) is 18.4 Å². The Kier molecular flexibility index (Phi) is 6.29. The van der Waals surface area contributed by atoms with Crippen LogP contribution in [0.1, 0.15) is 18.4 Å². The maximum absolute atomic E-state index is 11.5. The molecule has 0 spiro atoms. The van der Waals surface area contributed by atoms with Gasteiger partial charge >= 0.3 is 0 Å². The number of nitrogens with one attached hydrogen (secondary N) is 1. The van der Waals surface area contributed by atoms with Gasteiger partial charge in [-0.1, -0.05) is 36.4 Å². The highest BCUT2D eigenvalue weighted by molar-refractivity contribution is 7.93. The second-order valence-corrected chi connectivity index (χ2v) is 6.28. The zero-order chi connectivity index (χ0) is 14.1. The Morgan fingerprint density at radius 3 is 2.58 bits per heavy atom. The van der Waals surface area contributed by atoms with Crippen molar-refractivity contribution in [1.29, 1.82) is 0 Å². The van der Waals surface area contributed by atoms with E-state index in [0.29, 0.717) is 6.42 Å². The maximum Gasteiger partial charge on any atom is 0.220 e. The summed E-state index contributed by atoms with van der Waals surface area (Å²) in [5, 5.41) is 3.75. The van der Waals surface area contributed by atoms with Crippen molar-refractivity contribution in [2.75, 3.05) is 12.8 Å². The molecular weight excluding hydrogens is 262 g/mol. The average molecular weight is 281 g/mol. The first-order valence-electron chi connectivity index (χ1n) is 6.14. The second kappa shape index (κ2) is 7.74. The van der Waals surface area contributed by atoms with Gasteiger partial charge in [0, 0.05) is 24.6 Å². The summed E-state index contributed by atoms with van der Waals surface area (Å²) in [6.07, 6.45) is 4.65. The van der Waals surface area contributed by atoms with Crippen molar-refractivity contribution >= 4 is 15.7 Å². The van der Waals surface area contributed by atoms with E-state index >= 15 is 0 Å². The number of aryl methyl sites for hydroxylation is 1. The van der Waals surface area contributed by atoms with Crippen LogP contribution >= 0.6 is 0 Å². The number of amides is 1. The van der Waals surface area contributed by atoms with Crippen molar-refractivity contribution in [1.82, 2.24) is 5.32 Å². The lowest BCUT2D eigenvalue weighted by Gasteiger charge is -2.02. The summed E-state index contributed by atoms with van der Waals surface area (Å²) in [4.78, 5) is 11.5. The predicted octanol–water partition coefficient (Wildman–Crippen LogP) is 1.68. The molecule has 1 aromatic rings. The van der Waals surface area contributed by atoms with Gasteiger partial charge in [-0.15, -0.1) is 0 Å². The maximum atomic E-state index is 11.5. The lowest BCUT2D eigenvalue weighted by molar-refractivity contribution is -0.120.